The number of carbonyl (C=O) groups excluding carboxylic acids is 1. The van der Waals surface area contributed by atoms with Crippen LogP contribution in [-0.2, 0) is 4.79 Å². The van der Waals surface area contributed by atoms with Gasteiger partial charge in [-0.15, -0.1) is 0 Å². The molecular weight excluding hydrogens is 128 g/mol. The van der Waals surface area contributed by atoms with E-state index in [1.165, 1.54) is 0 Å². The van der Waals surface area contributed by atoms with Gasteiger partial charge in [0.15, 0.2) is 0 Å². The Bertz CT molecular complexity index is 123. The molecule has 0 aromatic heterocycles. The predicted molar refractivity (Wildman–Crippen MR) is 41.8 cm³/mol. The molecule has 0 aliphatic carbocycles. The Labute approximate surface area is 61.5 Å². The number of hydrogen-bond acceptors (Lipinski definition) is 2. The summed E-state index contributed by atoms with van der Waals surface area (Å²) in [6.45, 7) is 7.24. The zero-order valence-electron chi connectivity index (χ0n) is 6.55. The lowest BCUT2D eigenvalue weighted by atomic mass is 10.1. The quantitative estimate of drug-likeness (QED) is 0.464. The molecule has 3 heteroatoms. The van der Waals surface area contributed by atoms with Crippen molar-refractivity contribution in [1.82, 2.24) is 5.43 Å². The van der Waals surface area contributed by atoms with Crippen molar-refractivity contribution in [3.8, 4) is 0 Å². The van der Waals surface area contributed by atoms with Crippen LogP contribution < -0.4 is 5.43 Å². The van der Waals surface area contributed by atoms with E-state index in [-0.39, 0.29) is 5.91 Å². The van der Waals surface area contributed by atoms with Gasteiger partial charge in [0.25, 0.3) is 0 Å². The molecule has 3 nitrogen and oxygen atoms in total. The fraction of sp³-hybridized carbons (Fsp3) is 0.714. The molecule has 1 atom stereocenters. The lowest BCUT2D eigenvalue weighted by Gasteiger charge is -2.04. The molecule has 1 amide bonds. The molecule has 1 unspecified atom stereocenters. The summed E-state index contributed by atoms with van der Waals surface area (Å²) in [6, 6.07) is 0. The maximum Gasteiger partial charge on any atom is 0.240 e. The monoisotopic (exact) mass is 142 g/mol. The minimum absolute atomic E-state index is 0.0515. The van der Waals surface area contributed by atoms with E-state index in [2.05, 4.69) is 24.2 Å². The predicted octanol–water partition coefficient (Wildman–Crippen LogP) is 1.15. The Balaban J connectivity index is 3.46. The van der Waals surface area contributed by atoms with Crippen LogP contribution in [0.25, 0.3) is 0 Å². The number of carbonyl (C=O) groups is 1. The molecule has 0 fully saturated rings. The van der Waals surface area contributed by atoms with Crippen molar-refractivity contribution in [3.63, 3.8) is 0 Å². The maximum absolute atomic E-state index is 10.8. The van der Waals surface area contributed by atoms with Crippen molar-refractivity contribution in [2.75, 3.05) is 0 Å². The average molecular weight is 142 g/mol. The number of hydrazone groups is 1. The van der Waals surface area contributed by atoms with Crippen molar-refractivity contribution < 1.29 is 4.79 Å². The van der Waals surface area contributed by atoms with E-state index in [0.717, 1.165) is 6.42 Å². The molecule has 0 radical (unpaired) electrons. The second kappa shape index (κ2) is 4.97. The first-order valence-corrected chi connectivity index (χ1v) is 3.45. The van der Waals surface area contributed by atoms with Gasteiger partial charge in [0.05, 0.1) is 0 Å². The second-order valence-electron chi connectivity index (χ2n) is 2.41. The Morgan fingerprint density at radius 1 is 1.80 bits per heavy atom. The zero-order valence-corrected chi connectivity index (χ0v) is 6.55. The summed E-state index contributed by atoms with van der Waals surface area (Å²) in [4.78, 5) is 10.8. The zero-order chi connectivity index (χ0) is 7.98. The molecule has 0 spiro atoms. The second-order valence-corrected chi connectivity index (χ2v) is 2.41. The van der Waals surface area contributed by atoms with Gasteiger partial charge in [0.1, 0.15) is 0 Å². The number of hydrogen-bond donors (Lipinski definition) is 1. The number of nitrogens with one attached hydrogen (secondary N) is 1. The highest BCUT2D eigenvalue weighted by Crippen LogP contribution is 2.04. The van der Waals surface area contributed by atoms with Crippen LogP contribution in [0.4, 0.5) is 0 Å². The van der Waals surface area contributed by atoms with Crippen LogP contribution in [0.1, 0.15) is 26.7 Å². The standard InChI is InChI=1S/C7H14N2O/c1-4-6(2)5-7(10)9-8-3/h6H,3-5H2,1-2H3,(H,9,10). The lowest BCUT2D eigenvalue weighted by Crippen LogP contribution is -2.18. The van der Waals surface area contributed by atoms with E-state index in [0.29, 0.717) is 12.3 Å². The van der Waals surface area contributed by atoms with Gasteiger partial charge in [-0.2, -0.15) is 5.10 Å². The van der Waals surface area contributed by atoms with Crippen molar-refractivity contribution in [2.24, 2.45) is 11.0 Å². The first kappa shape index (κ1) is 9.14. The van der Waals surface area contributed by atoms with Crippen molar-refractivity contribution in [2.45, 2.75) is 26.7 Å². The van der Waals surface area contributed by atoms with Gasteiger partial charge in [-0.1, -0.05) is 20.3 Å². The Morgan fingerprint density at radius 2 is 2.40 bits per heavy atom. The maximum atomic E-state index is 10.8. The smallest absolute Gasteiger partial charge is 0.240 e. The van der Waals surface area contributed by atoms with Gasteiger partial charge in [-0.3, -0.25) is 4.79 Å². The van der Waals surface area contributed by atoms with Gasteiger partial charge < -0.3 is 0 Å². The van der Waals surface area contributed by atoms with E-state index >= 15 is 0 Å². The van der Waals surface area contributed by atoms with Gasteiger partial charge >= 0.3 is 0 Å². The van der Waals surface area contributed by atoms with Crippen LogP contribution in [0, 0.1) is 5.92 Å². The van der Waals surface area contributed by atoms with Gasteiger partial charge in [-0.25, -0.2) is 5.43 Å². The first-order valence-electron chi connectivity index (χ1n) is 3.45. The summed E-state index contributed by atoms with van der Waals surface area (Å²) in [5.41, 5.74) is 2.29. The minimum atomic E-state index is -0.0515. The van der Waals surface area contributed by atoms with Crippen molar-refractivity contribution in [1.29, 1.82) is 0 Å². The van der Waals surface area contributed by atoms with Crippen LogP contribution in [0.15, 0.2) is 5.10 Å². The Hall–Kier alpha value is -0.860. The molecule has 0 rings (SSSR count). The van der Waals surface area contributed by atoms with Gasteiger partial charge in [0, 0.05) is 13.1 Å². The van der Waals surface area contributed by atoms with Gasteiger partial charge in [-0.05, 0) is 5.92 Å². The highest BCUT2D eigenvalue weighted by Gasteiger charge is 2.04. The van der Waals surface area contributed by atoms with Gasteiger partial charge in [0.2, 0.25) is 5.91 Å². The molecule has 0 aliphatic rings. The third-order valence-corrected chi connectivity index (χ3v) is 1.43. The summed E-state index contributed by atoms with van der Waals surface area (Å²) >= 11 is 0. The van der Waals surface area contributed by atoms with Crippen LogP contribution in [0.3, 0.4) is 0 Å². The molecule has 0 saturated heterocycles. The van der Waals surface area contributed by atoms with E-state index in [1.807, 2.05) is 6.92 Å². The molecule has 1 N–H and O–H groups in total. The number of nitrogens with zero attached hydrogens (tertiary/aromatic N) is 1. The van der Waals surface area contributed by atoms with E-state index in [1.54, 1.807) is 0 Å². The topological polar surface area (TPSA) is 41.5 Å². The molecular formula is C7H14N2O. The summed E-state index contributed by atoms with van der Waals surface area (Å²) in [5.74, 6) is 0.381. The average Bonchev–Trinajstić information content (AvgIpc) is 1.88. The summed E-state index contributed by atoms with van der Waals surface area (Å²) < 4.78 is 0. The van der Waals surface area contributed by atoms with Crippen molar-refractivity contribution >= 4 is 12.6 Å². The number of amides is 1. The van der Waals surface area contributed by atoms with Crippen molar-refractivity contribution in [3.05, 3.63) is 0 Å². The lowest BCUT2D eigenvalue weighted by molar-refractivity contribution is -0.121. The van der Waals surface area contributed by atoms with Crippen LogP contribution in [0.2, 0.25) is 0 Å². The summed E-state index contributed by atoms with van der Waals surface area (Å²) in [5, 5.41) is 3.27. The molecule has 0 saturated carbocycles. The Morgan fingerprint density at radius 3 is 2.80 bits per heavy atom. The molecule has 0 bridgehead atoms. The fourth-order valence-electron chi connectivity index (χ4n) is 0.595. The number of rotatable bonds is 4. The SMILES string of the molecule is C=NNC(=O)CC(C)CC. The molecule has 0 aromatic carbocycles. The third-order valence-electron chi connectivity index (χ3n) is 1.43. The van der Waals surface area contributed by atoms with Crippen LogP contribution in [-0.4, -0.2) is 12.6 Å². The minimum Gasteiger partial charge on any atom is -0.273 e. The van der Waals surface area contributed by atoms with E-state index in [4.69, 9.17) is 0 Å². The molecule has 10 heavy (non-hydrogen) atoms. The highest BCUT2D eigenvalue weighted by atomic mass is 16.2. The van der Waals surface area contributed by atoms with Crippen LogP contribution >= 0.6 is 0 Å². The molecule has 0 heterocycles. The molecule has 0 aliphatic heterocycles. The van der Waals surface area contributed by atoms with E-state index < -0.39 is 0 Å². The van der Waals surface area contributed by atoms with Crippen LogP contribution in [0.5, 0.6) is 0 Å². The highest BCUT2D eigenvalue weighted by molar-refractivity contribution is 5.76. The molecule has 58 valence electrons. The third kappa shape index (κ3) is 4.06. The fourth-order valence-corrected chi connectivity index (χ4v) is 0.595. The molecule has 0 aromatic rings. The normalized spacial score (nSPS) is 12.2. The largest absolute Gasteiger partial charge is 0.273 e. The first-order chi connectivity index (χ1) is 4.70. The Kier molecular flexibility index (Phi) is 4.54. The summed E-state index contributed by atoms with van der Waals surface area (Å²) in [6.07, 6.45) is 1.56. The summed E-state index contributed by atoms with van der Waals surface area (Å²) in [7, 11) is 0. The van der Waals surface area contributed by atoms with E-state index in [9.17, 15) is 4.79 Å².